The van der Waals surface area contributed by atoms with E-state index in [0.717, 1.165) is 16.8 Å². The van der Waals surface area contributed by atoms with Crippen LogP contribution in [-0.4, -0.2) is 31.4 Å². The first kappa shape index (κ1) is 25.0. The fourth-order valence-electron chi connectivity index (χ4n) is 4.24. The predicted octanol–water partition coefficient (Wildman–Crippen LogP) is 4.76. The number of rotatable bonds is 7. The first-order valence-corrected chi connectivity index (χ1v) is 12.1. The van der Waals surface area contributed by atoms with E-state index in [0.29, 0.717) is 39.0 Å². The van der Waals surface area contributed by atoms with E-state index >= 15 is 0 Å². The number of para-hydroxylation sites is 1. The minimum absolute atomic E-state index is 0.0619. The zero-order valence-electron chi connectivity index (χ0n) is 21.0. The van der Waals surface area contributed by atoms with Gasteiger partial charge >= 0.3 is 0 Å². The number of methoxy groups -OCH3 is 1. The van der Waals surface area contributed by atoms with Crippen LogP contribution in [0, 0.1) is 25.2 Å². The predicted molar refractivity (Wildman–Crippen MR) is 143 cm³/mol. The highest BCUT2D eigenvalue weighted by atomic mass is 35.5. The van der Waals surface area contributed by atoms with Crippen molar-refractivity contribution in [2.45, 2.75) is 27.0 Å². The molecule has 0 saturated carbocycles. The number of hydrogen-bond acceptors (Lipinski definition) is 7. The molecule has 4 aromatic heterocycles. The third-order valence-electron chi connectivity index (χ3n) is 6.07. The summed E-state index contributed by atoms with van der Waals surface area (Å²) in [6, 6.07) is 14.5. The standard InChI is InChI=1S/C28H23ClN6O3/c1-17-10-23(29)22(24(32-17)15-34-9-5-6-19(12-30)28(34)36)16-38-26-8-4-7-21-25(11-18(2)33-27(21)26)35-14-20(37-3)13-31-35/h4-11,13-14H,15-16H2,1-3H3. The molecule has 0 aliphatic heterocycles. The number of pyridine rings is 3. The first-order valence-electron chi connectivity index (χ1n) is 11.7. The number of fused-ring (bicyclic) bond motifs is 1. The number of nitrogens with zero attached hydrogens (tertiary/aromatic N) is 6. The van der Waals surface area contributed by atoms with Gasteiger partial charge in [0.05, 0.1) is 42.5 Å². The van der Waals surface area contributed by atoms with Crippen molar-refractivity contribution in [3.8, 4) is 23.3 Å². The number of hydrogen-bond donors (Lipinski definition) is 0. The topological polar surface area (TPSA) is 108 Å². The lowest BCUT2D eigenvalue weighted by atomic mass is 10.1. The fourth-order valence-corrected chi connectivity index (χ4v) is 4.56. The zero-order chi connectivity index (χ0) is 26.8. The lowest BCUT2D eigenvalue weighted by Crippen LogP contribution is -2.23. The number of benzene rings is 1. The molecule has 0 N–H and O–H groups in total. The average molecular weight is 527 g/mol. The minimum atomic E-state index is -0.391. The Morgan fingerprint density at radius 2 is 1.92 bits per heavy atom. The van der Waals surface area contributed by atoms with Crippen LogP contribution in [0.3, 0.4) is 0 Å². The van der Waals surface area contributed by atoms with Crippen LogP contribution in [0.25, 0.3) is 16.6 Å². The summed E-state index contributed by atoms with van der Waals surface area (Å²) in [7, 11) is 1.60. The summed E-state index contributed by atoms with van der Waals surface area (Å²) < 4.78 is 14.7. The van der Waals surface area contributed by atoms with Gasteiger partial charge in [-0.05, 0) is 44.2 Å². The molecule has 1 aromatic carbocycles. The van der Waals surface area contributed by atoms with Crippen LogP contribution in [0.2, 0.25) is 5.02 Å². The smallest absolute Gasteiger partial charge is 0.268 e. The molecule has 9 nitrogen and oxygen atoms in total. The Kier molecular flexibility index (Phi) is 6.81. The summed E-state index contributed by atoms with van der Waals surface area (Å²) >= 11 is 6.63. The Morgan fingerprint density at radius 3 is 2.68 bits per heavy atom. The molecule has 0 unspecified atom stereocenters. The third-order valence-corrected chi connectivity index (χ3v) is 6.40. The molecule has 0 aliphatic rings. The summed E-state index contributed by atoms with van der Waals surface area (Å²) in [5.74, 6) is 1.21. The van der Waals surface area contributed by atoms with Gasteiger partial charge in [-0.2, -0.15) is 10.4 Å². The van der Waals surface area contributed by atoms with E-state index in [4.69, 9.17) is 26.1 Å². The Bertz CT molecular complexity index is 1770. The van der Waals surface area contributed by atoms with E-state index in [1.165, 1.54) is 10.6 Å². The lowest BCUT2D eigenvalue weighted by molar-refractivity contribution is 0.307. The highest BCUT2D eigenvalue weighted by Crippen LogP contribution is 2.31. The molecule has 4 heterocycles. The van der Waals surface area contributed by atoms with Crippen LogP contribution >= 0.6 is 11.6 Å². The monoisotopic (exact) mass is 526 g/mol. The maximum Gasteiger partial charge on any atom is 0.268 e. The first-order chi connectivity index (χ1) is 18.4. The van der Waals surface area contributed by atoms with Crippen LogP contribution in [-0.2, 0) is 13.2 Å². The summed E-state index contributed by atoms with van der Waals surface area (Å²) in [5, 5.41) is 15.0. The minimum Gasteiger partial charge on any atom is -0.493 e. The van der Waals surface area contributed by atoms with Crippen LogP contribution < -0.4 is 15.0 Å². The number of aryl methyl sites for hydroxylation is 2. The fraction of sp³-hybridized carbons (Fsp3) is 0.179. The molecule has 0 atom stereocenters. The lowest BCUT2D eigenvalue weighted by Gasteiger charge is -2.16. The van der Waals surface area contributed by atoms with E-state index in [1.807, 2.05) is 44.2 Å². The van der Waals surface area contributed by atoms with E-state index in [2.05, 4.69) is 10.1 Å². The van der Waals surface area contributed by atoms with Crippen molar-refractivity contribution in [1.82, 2.24) is 24.3 Å². The molecule has 190 valence electrons. The van der Waals surface area contributed by atoms with E-state index in [1.54, 1.807) is 42.5 Å². The summed E-state index contributed by atoms with van der Waals surface area (Å²) in [6.45, 7) is 3.99. The molecule has 0 aliphatic carbocycles. The van der Waals surface area contributed by atoms with Crippen molar-refractivity contribution in [2.75, 3.05) is 7.11 Å². The molecule has 0 amide bonds. The van der Waals surface area contributed by atoms with Crippen LogP contribution in [0.5, 0.6) is 11.5 Å². The highest BCUT2D eigenvalue weighted by Gasteiger charge is 2.16. The molecule has 0 saturated heterocycles. The molecule has 5 aromatic rings. The Balaban J connectivity index is 1.52. The highest BCUT2D eigenvalue weighted by molar-refractivity contribution is 6.31. The largest absolute Gasteiger partial charge is 0.493 e. The Labute approximate surface area is 223 Å². The van der Waals surface area contributed by atoms with E-state index in [-0.39, 0.29) is 18.7 Å². The van der Waals surface area contributed by atoms with E-state index < -0.39 is 5.56 Å². The summed E-state index contributed by atoms with van der Waals surface area (Å²) in [5.41, 5.74) is 3.92. The van der Waals surface area contributed by atoms with Gasteiger partial charge in [0.2, 0.25) is 0 Å². The molecule has 10 heteroatoms. The number of halogens is 1. The van der Waals surface area contributed by atoms with Gasteiger partial charge in [-0.1, -0.05) is 23.7 Å². The quantitative estimate of drug-likeness (QED) is 0.301. The maximum atomic E-state index is 12.6. The second-order valence-electron chi connectivity index (χ2n) is 8.69. The number of aromatic nitrogens is 5. The third kappa shape index (κ3) is 4.82. The molecule has 0 spiro atoms. The van der Waals surface area contributed by atoms with Gasteiger partial charge in [0.1, 0.15) is 29.5 Å². The average Bonchev–Trinajstić information content (AvgIpc) is 3.38. The van der Waals surface area contributed by atoms with Crippen molar-refractivity contribution < 1.29 is 9.47 Å². The van der Waals surface area contributed by atoms with Crippen molar-refractivity contribution in [2.24, 2.45) is 0 Å². The maximum absolute atomic E-state index is 12.6. The normalized spacial score (nSPS) is 10.9. The van der Waals surface area contributed by atoms with Gasteiger partial charge in [-0.3, -0.25) is 9.78 Å². The van der Waals surface area contributed by atoms with Crippen molar-refractivity contribution in [1.29, 1.82) is 5.26 Å². The van der Waals surface area contributed by atoms with Crippen molar-refractivity contribution in [3.63, 3.8) is 0 Å². The van der Waals surface area contributed by atoms with Crippen LogP contribution in [0.15, 0.2) is 65.8 Å². The number of ether oxygens (including phenoxy) is 2. The summed E-state index contributed by atoms with van der Waals surface area (Å²) in [6.07, 6.45) is 5.07. The van der Waals surface area contributed by atoms with Crippen molar-refractivity contribution in [3.05, 3.63) is 105 Å². The van der Waals surface area contributed by atoms with Crippen LogP contribution in [0.4, 0.5) is 0 Å². The zero-order valence-corrected chi connectivity index (χ0v) is 21.7. The van der Waals surface area contributed by atoms with Crippen molar-refractivity contribution >= 4 is 22.5 Å². The van der Waals surface area contributed by atoms with Gasteiger partial charge in [0, 0.05) is 28.5 Å². The van der Waals surface area contributed by atoms with E-state index in [9.17, 15) is 10.1 Å². The van der Waals surface area contributed by atoms with Gasteiger partial charge in [-0.25, -0.2) is 9.67 Å². The second-order valence-corrected chi connectivity index (χ2v) is 9.09. The number of nitriles is 1. The second kappa shape index (κ2) is 10.4. The van der Waals surface area contributed by atoms with Gasteiger partial charge < -0.3 is 14.0 Å². The molecule has 38 heavy (non-hydrogen) atoms. The van der Waals surface area contributed by atoms with Crippen LogP contribution in [0.1, 0.15) is 28.2 Å². The Hall–Kier alpha value is -4.68. The van der Waals surface area contributed by atoms with Gasteiger partial charge in [-0.15, -0.1) is 0 Å². The SMILES string of the molecule is COc1cnn(-c2cc(C)nc3c(OCc4c(Cl)cc(C)nc4Cn4cccc(C#N)c4=O)cccc23)c1. The molecule has 0 fully saturated rings. The van der Waals surface area contributed by atoms with Gasteiger partial charge in [0.25, 0.3) is 5.56 Å². The molecular formula is C28H23ClN6O3. The molecule has 5 rings (SSSR count). The summed E-state index contributed by atoms with van der Waals surface area (Å²) in [4.78, 5) is 22.0. The molecule has 0 radical (unpaired) electrons. The molecular weight excluding hydrogens is 504 g/mol. The molecule has 0 bridgehead atoms. The van der Waals surface area contributed by atoms with Gasteiger partial charge in [0.15, 0.2) is 5.75 Å². The Morgan fingerprint density at radius 1 is 1.11 bits per heavy atom.